The Morgan fingerprint density at radius 1 is 1.14 bits per heavy atom. The lowest BCUT2D eigenvalue weighted by molar-refractivity contribution is 0.241. The molecule has 3 rings (SSSR count). The molecule has 0 saturated carbocycles. The Kier molecular flexibility index (Phi) is 4.53. The van der Waals surface area contributed by atoms with Gasteiger partial charge in [-0.25, -0.2) is 4.98 Å². The van der Waals surface area contributed by atoms with Crippen LogP contribution in [0.25, 0.3) is 0 Å². The lowest BCUT2D eigenvalue weighted by Crippen LogP contribution is -2.46. The minimum absolute atomic E-state index is 0.583. The number of rotatable bonds is 5. The zero-order valence-corrected chi connectivity index (χ0v) is 13.1. The molecule has 2 aromatic heterocycles. The van der Waals surface area contributed by atoms with Gasteiger partial charge in [0.05, 0.1) is 13.2 Å². The molecule has 0 spiro atoms. The van der Waals surface area contributed by atoms with Crippen molar-refractivity contribution in [3.05, 3.63) is 30.4 Å². The highest BCUT2D eigenvalue weighted by Crippen LogP contribution is 2.16. The first kappa shape index (κ1) is 14.8. The van der Waals surface area contributed by atoms with Crippen LogP contribution in [0, 0.1) is 0 Å². The van der Waals surface area contributed by atoms with Gasteiger partial charge in [0.25, 0.3) is 0 Å². The predicted molar refractivity (Wildman–Crippen MR) is 83.9 cm³/mol. The number of aromatic nitrogens is 4. The van der Waals surface area contributed by atoms with Crippen molar-refractivity contribution >= 4 is 5.82 Å². The van der Waals surface area contributed by atoms with Crippen molar-refractivity contribution < 1.29 is 4.74 Å². The van der Waals surface area contributed by atoms with Crippen molar-refractivity contribution in [1.29, 1.82) is 0 Å². The summed E-state index contributed by atoms with van der Waals surface area (Å²) in [6.45, 7) is 7.35. The van der Waals surface area contributed by atoms with E-state index in [9.17, 15) is 0 Å². The fourth-order valence-corrected chi connectivity index (χ4v) is 2.59. The summed E-state index contributed by atoms with van der Waals surface area (Å²) in [6.07, 6.45) is 3.84. The second-order valence-electron chi connectivity index (χ2n) is 5.38. The van der Waals surface area contributed by atoms with Gasteiger partial charge in [-0.3, -0.25) is 4.90 Å². The average molecular weight is 302 g/mol. The molecular weight excluding hydrogens is 280 g/mol. The molecule has 7 heteroatoms. The normalized spacial score (nSPS) is 16.0. The molecule has 0 bridgehead atoms. The van der Waals surface area contributed by atoms with Crippen LogP contribution < -0.4 is 9.64 Å². The van der Waals surface area contributed by atoms with E-state index < -0.39 is 0 Å². The first-order chi connectivity index (χ1) is 10.8. The summed E-state index contributed by atoms with van der Waals surface area (Å²) in [5.74, 6) is 2.61. The minimum atomic E-state index is 0.583. The predicted octanol–water partition coefficient (Wildman–Crippen LogP) is 0.931. The van der Waals surface area contributed by atoms with Crippen LogP contribution in [0.1, 0.15) is 12.7 Å². The maximum absolute atomic E-state index is 5.33. The topological polar surface area (TPSA) is 59.3 Å². The Balaban J connectivity index is 1.54. The molecule has 2 aromatic rings. The summed E-state index contributed by atoms with van der Waals surface area (Å²) in [5.41, 5.74) is 0. The zero-order chi connectivity index (χ0) is 15.4. The third-order valence-electron chi connectivity index (χ3n) is 3.90. The molecule has 7 nitrogen and oxygen atoms in total. The van der Waals surface area contributed by atoms with Gasteiger partial charge in [0.15, 0.2) is 5.82 Å². The van der Waals surface area contributed by atoms with Crippen LogP contribution in [0.4, 0.5) is 5.82 Å². The SMILES string of the molecule is CCOc1ccc(N2CCN(Cc3nccn3C)CC2)nn1. The molecule has 0 N–H and O–H groups in total. The van der Waals surface area contributed by atoms with Crippen molar-refractivity contribution in [3.8, 4) is 5.88 Å². The Morgan fingerprint density at radius 3 is 2.55 bits per heavy atom. The van der Waals surface area contributed by atoms with Gasteiger partial charge in [-0.1, -0.05) is 0 Å². The molecule has 22 heavy (non-hydrogen) atoms. The minimum Gasteiger partial charge on any atom is -0.477 e. The summed E-state index contributed by atoms with van der Waals surface area (Å²) >= 11 is 0. The van der Waals surface area contributed by atoms with Gasteiger partial charge in [-0.2, -0.15) is 0 Å². The smallest absolute Gasteiger partial charge is 0.233 e. The summed E-state index contributed by atoms with van der Waals surface area (Å²) < 4.78 is 7.40. The average Bonchev–Trinajstić information content (AvgIpc) is 2.94. The molecule has 1 saturated heterocycles. The molecule has 0 aliphatic carbocycles. The third kappa shape index (κ3) is 3.36. The number of anilines is 1. The molecule has 3 heterocycles. The number of imidazole rings is 1. The van der Waals surface area contributed by atoms with Crippen molar-refractivity contribution in [2.75, 3.05) is 37.7 Å². The molecule has 1 aliphatic heterocycles. The van der Waals surface area contributed by atoms with Crippen LogP contribution in [0.2, 0.25) is 0 Å². The number of aryl methyl sites for hydroxylation is 1. The second-order valence-corrected chi connectivity index (χ2v) is 5.38. The summed E-state index contributed by atoms with van der Waals surface area (Å²) in [5, 5.41) is 8.35. The molecule has 0 radical (unpaired) electrons. The molecule has 0 atom stereocenters. The van der Waals surface area contributed by atoms with Gasteiger partial charge >= 0.3 is 0 Å². The standard InChI is InChI=1S/C15H22N6O/c1-3-22-15-5-4-13(17-18-15)21-10-8-20(9-11-21)12-14-16-6-7-19(14)2/h4-7H,3,8-12H2,1-2H3. The molecule has 0 amide bonds. The lowest BCUT2D eigenvalue weighted by atomic mass is 10.3. The Morgan fingerprint density at radius 2 is 1.95 bits per heavy atom. The van der Waals surface area contributed by atoms with Gasteiger partial charge < -0.3 is 14.2 Å². The molecule has 0 unspecified atom stereocenters. The first-order valence-corrected chi connectivity index (χ1v) is 7.66. The van der Waals surface area contributed by atoms with E-state index in [0.29, 0.717) is 12.5 Å². The highest BCUT2D eigenvalue weighted by Gasteiger charge is 2.19. The van der Waals surface area contributed by atoms with Crippen LogP contribution in [0.5, 0.6) is 5.88 Å². The van der Waals surface area contributed by atoms with E-state index in [-0.39, 0.29) is 0 Å². The van der Waals surface area contributed by atoms with Gasteiger partial charge in [-0.15, -0.1) is 10.2 Å². The van der Waals surface area contributed by atoms with E-state index in [1.807, 2.05) is 38.5 Å². The van der Waals surface area contributed by atoms with E-state index in [1.54, 1.807) is 0 Å². The van der Waals surface area contributed by atoms with Crippen LogP contribution >= 0.6 is 0 Å². The van der Waals surface area contributed by atoms with E-state index in [0.717, 1.165) is 44.4 Å². The zero-order valence-electron chi connectivity index (χ0n) is 13.1. The number of piperazine rings is 1. The quantitative estimate of drug-likeness (QED) is 0.819. The number of nitrogens with zero attached hydrogens (tertiary/aromatic N) is 6. The Labute approximate surface area is 130 Å². The summed E-state index contributed by atoms with van der Waals surface area (Å²) in [7, 11) is 2.04. The maximum Gasteiger partial charge on any atom is 0.233 e. The monoisotopic (exact) mass is 302 g/mol. The number of hydrogen-bond acceptors (Lipinski definition) is 6. The first-order valence-electron chi connectivity index (χ1n) is 7.66. The fourth-order valence-electron chi connectivity index (χ4n) is 2.59. The molecule has 0 aromatic carbocycles. The molecule has 1 aliphatic rings. The largest absolute Gasteiger partial charge is 0.477 e. The highest BCUT2D eigenvalue weighted by molar-refractivity contribution is 5.38. The fraction of sp³-hybridized carbons (Fsp3) is 0.533. The van der Waals surface area contributed by atoms with Crippen LogP contribution in [-0.4, -0.2) is 57.4 Å². The molecule has 1 fully saturated rings. The summed E-state index contributed by atoms with van der Waals surface area (Å²) in [4.78, 5) is 9.06. The van der Waals surface area contributed by atoms with Gasteiger partial charge in [0.1, 0.15) is 5.82 Å². The Hall–Kier alpha value is -2.15. The van der Waals surface area contributed by atoms with E-state index in [2.05, 4.69) is 29.5 Å². The van der Waals surface area contributed by atoms with Crippen LogP contribution in [-0.2, 0) is 13.6 Å². The summed E-state index contributed by atoms with van der Waals surface area (Å²) in [6, 6.07) is 3.86. The van der Waals surface area contributed by atoms with E-state index >= 15 is 0 Å². The van der Waals surface area contributed by atoms with Gasteiger partial charge in [0, 0.05) is 51.7 Å². The van der Waals surface area contributed by atoms with Gasteiger partial charge in [-0.05, 0) is 13.0 Å². The van der Waals surface area contributed by atoms with Gasteiger partial charge in [0.2, 0.25) is 5.88 Å². The van der Waals surface area contributed by atoms with Crippen molar-refractivity contribution in [1.82, 2.24) is 24.6 Å². The molecular formula is C15H22N6O. The van der Waals surface area contributed by atoms with Crippen molar-refractivity contribution in [3.63, 3.8) is 0 Å². The number of ether oxygens (including phenoxy) is 1. The number of hydrogen-bond donors (Lipinski definition) is 0. The van der Waals surface area contributed by atoms with Crippen molar-refractivity contribution in [2.45, 2.75) is 13.5 Å². The molecule has 118 valence electrons. The second kappa shape index (κ2) is 6.74. The maximum atomic E-state index is 5.33. The van der Waals surface area contributed by atoms with Crippen LogP contribution in [0.3, 0.4) is 0 Å². The Bertz CT molecular complexity index is 588. The third-order valence-corrected chi connectivity index (χ3v) is 3.90. The van der Waals surface area contributed by atoms with Crippen molar-refractivity contribution in [2.24, 2.45) is 7.05 Å². The lowest BCUT2D eigenvalue weighted by Gasteiger charge is -2.34. The van der Waals surface area contributed by atoms with E-state index in [1.165, 1.54) is 0 Å². The highest BCUT2D eigenvalue weighted by atomic mass is 16.5. The van der Waals surface area contributed by atoms with E-state index in [4.69, 9.17) is 4.74 Å². The van der Waals surface area contributed by atoms with Crippen LogP contribution in [0.15, 0.2) is 24.5 Å².